The fourth-order valence-electron chi connectivity index (χ4n) is 1.56. The van der Waals surface area contributed by atoms with E-state index in [1.54, 1.807) is 24.3 Å². The lowest BCUT2D eigenvalue weighted by atomic mass is 10.1. The molecule has 0 aliphatic rings. The summed E-state index contributed by atoms with van der Waals surface area (Å²) in [6, 6.07) is 5.34. The Kier molecular flexibility index (Phi) is 3.86. The van der Waals surface area contributed by atoms with Crippen molar-refractivity contribution < 1.29 is 4.39 Å². The molecule has 0 aliphatic heterocycles. The van der Waals surface area contributed by atoms with Gasteiger partial charge in [-0.2, -0.15) is 0 Å². The maximum absolute atomic E-state index is 13.3. The van der Waals surface area contributed by atoms with Gasteiger partial charge in [0.2, 0.25) is 0 Å². The minimum absolute atomic E-state index is 0.140. The standard InChI is InChI=1S/C13H15FN2S/c1-9-3-4-11(5-12(9)14)6-15-7-13-10(2)16-8-17-13/h3-5,8,15H,6-7H2,1-2H3. The number of hydrogen-bond donors (Lipinski definition) is 1. The van der Waals surface area contributed by atoms with E-state index in [-0.39, 0.29) is 5.82 Å². The van der Waals surface area contributed by atoms with Gasteiger partial charge in [0.15, 0.2) is 0 Å². The summed E-state index contributed by atoms with van der Waals surface area (Å²) >= 11 is 1.64. The summed E-state index contributed by atoms with van der Waals surface area (Å²) in [4.78, 5) is 5.42. The molecule has 2 nitrogen and oxygen atoms in total. The Labute approximate surface area is 105 Å². The Hall–Kier alpha value is -1.26. The molecule has 4 heteroatoms. The van der Waals surface area contributed by atoms with Crippen molar-refractivity contribution in [3.05, 3.63) is 51.2 Å². The molecule has 0 radical (unpaired) electrons. The Morgan fingerprint density at radius 1 is 1.29 bits per heavy atom. The van der Waals surface area contributed by atoms with E-state index in [0.717, 1.165) is 17.8 Å². The molecule has 0 amide bonds. The van der Waals surface area contributed by atoms with E-state index in [0.29, 0.717) is 12.1 Å². The van der Waals surface area contributed by atoms with Gasteiger partial charge in [-0.3, -0.25) is 0 Å². The third-order valence-electron chi connectivity index (χ3n) is 2.70. The summed E-state index contributed by atoms with van der Waals surface area (Å²) in [6.07, 6.45) is 0. The average molecular weight is 250 g/mol. The molecule has 2 rings (SSSR count). The zero-order chi connectivity index (χ0) is 12.3. The van der Waals surface area contributed by atoms with Gasteiger partial charge >= 0.3 is 0 Å². The number of thiazole rings is 1. The second kappa shape index (κ2) is 5.38. The van der Waals surface area contributed by atoms with Gasteiger partial charge in [0.25, 0.3) is 0 Å². The molecular weight excluding hydrogens is 235 g/mol. The van der Waals surface area contributed by atoms with E-state index in [1.165, 1.54) is 4.88 Å². The summed E-state index contributed by atoms with van der Waals surface area (Å²) in [6.45, 7) is 5.23. The molecule has 0 bridgehead atoms. The quantitative estimate of drug-likeness (QED) is 0.901. The van der Waals surface area contributed by atoms with Crippen molar-refractivity contribution in [1.82, 2.24) is 10.3 Å². The third kappa shape index (κ3) is 3.11. The number of halogens is 1. The van der Waals surface area contributed by atoms with E-state index < -0.39 is 0 Å². The number of nitrogens with one attached hydrogen (secondary N) is 1. The van der Waals surface area contributed by atoms with Crippen LogP contribution < -0.4 is 5.32 Å². The number of aryl methyl sites for hydroxylation is 2. The largest absolute Gasteiger partial charge is 0.308 e. The zero-order valence-electron chi connectivity index (χ0n) is 9.96. The molecule has 0 atom stereocenters. The molecule has 0 unspecified atom stereocenters. The number of nitrogens with zero attached hydrogens (tertiary/aromatic N) is 1. The minimum atomic E-state index is -0.140. The maximum atomic E-state index is 13.3. The first-order chi connectivity index (χ1) is 8.16. The van der Waals surface area contributed by atoms with Crippen LogP contribution in [0, 0.1) is 19.7 Å². The van der Waals surface area contributed by atoms with Crippen molar-refractivity contribution in [3.63, 3.8) is 0 Å². The highest BCUT2D eigenvalue weighted by Gasteiger charge is 2.02. The fraction of sp³-hybridized carbons (Fsp3) is 0.308. The first-order valence-electron chi connectivity index (χ1n) is 5.51. The summed E-state index contributed by atoms with van der Waals surface area (Å²) in [7, 11) is 0. The van der Waals surface area contributed by atoms with Crippen LogP contribution in [0.25, 0.3) is 0 Å². The highest BCUT2D eigenvalue weighted by molar-refractivity contribution is 7.09. The van der Waals surface area contributed by atoms with E-state index in [9.17, 15) is 4.39 Å². The average Bonchev–Trinajstić information content (AvgIpc) is 2.70. The smallest absolute Gasteiger partial charge is 0.126 e. The highest BCUT2D eigenvalue weighted by atomic mass is 32.1. The maximum Gasteiger partial charge on any atom is 0.126 e. The molecule has 0 saturated carbocycles. The van der Waals surface area contributed by atoms with Gasteiger partial charge in [0, 0.05) is 18.0 Å². The molecule has 1 N–H and O–H groups in total. The van der Waals surface area contributed by atoms with Gasteiger partial charge < -0.3 is 5.32 Å². The van der Waals surface area contributed by atoms with Gasteiger partial charge in [-0.1, -0.05) is 12.1 Å². The molecule has 0 aliphatic carbocycles. The molecule has 2 aromatic rings. The molecule has 0 fully saturated rings. The predicted molar refractivity (Wildman–Crippen MR) is 68.5 cm³/mol. The SMILES string of the molecule is Cc1ccc(CNCc2scnc2C)cc1F. The topological polar surface area (TPSA) is 24.9 Å². The fourth-order valence-corrected chi connectivity index (χ4v) is 2.31. The molecule has 1 aromatic heterocycles. The van der Waals surface area contributed by atoms with Crippen molar-refractivity contribution in [1.29, 1.82) is 0 Å². The van der Waals surface area contributed by atoms with Crippen LogP contribution in [0.4, 0.5) is 4.39 Å². The van der Waals surface area contributed by atoms with Crippen LogP contribution >= 0.6 is 11.3 Å². The van der Waals surface area contributed by atoms with Crippen LogP contribution in [0.2, 0.25) is 0 Å². The van der Waals surface area contributed by atoms with Crippen LogP contribution in [0.5, 0.6) is 0 Å². The second-order valence-corrected chi connectivity index (χ2v) is 4.99. The van der Waals surface area contributed by atoms with Gasteiger partial charge in [0.1, 0.15) is 5.82 Å². The zero-order valence-corrected chi connectivity index (χ0v) is 10.8. The van der Waals surface area contributed by atoms with Crippen LogP contribution in [0.3, 0.4) is 0 Å². The lowest BCUT2D eigenvalue weighted by molar-refractivity contribution is 0.611. The molecule has 0 spiro atoms. The first kappa shape index (κ1) is 12.2. The van der Waals surface area contributed by atoms with Crippen molar-refractivity contribution in [2.45, 2.75) is 26.9 Å². The molecule has 17 heavy (non-hydrogen) atoms. The summed E-state index contributed by atoms with van der Waals surface area (Å²) in [5.41, 5.74) is 4.57. The Morgan fingerprint density at radius 2 is 2.12 bits per heavy atom. The van der Waals surface area contributed by atoms with Gasteiger partial charge in [-0.05, 0) is 31.0 Å². The number of aromatic nitrogens is 1. The predicted octanol–water partition coefficient (Wildman–Crippen LogP) is 3.19. The van der Waals surface area contributed by atoms with Crippen molar-refractivity contribution in [3.8, 4) is 0 Å². The van der Waals surface area contributed by atoms with Gasteiger partial charge in [-0.15, -0.1) is 11.3 Å². The molecule has 0 saturated heterocycles. The molecule has 1 heterocycles. The summed E-state index contributed by atoms with van der Waals surface area (Å²) in [5.74, 6) is -0.140. The van der Waals surface area contributed by atoms with E-state index in [2.05, 4.69) is 10.3 Å². The molecule has 90 valence electrons. The molecule has 1 aromatic carbocycles. The molecular formula is C13H15FN2S. The van der Waals surface area contributed by atoms with Crippen molar-refractivity contribution >= 4 is 11.3 Å². The van der Waals surface area contributed by atoms with E-state index in [4.69, 9.17) is 0 Å². The van der Waals surface area contributed by atoms with Crippen LogP contribution in [0.15, 0.2) is 23.7 Å². The van der Waals surface area contributed by atoms with Crippen LogP contribution in [-0.4, -0.2) is 4.98 Å². The lowest BCUT2D eigenvalue weighted by Gasteiger charge is -2.05. The Morgan fingerprint density at radius 3 is 2.76 bits per heavy atom. The summed E-state index contributed by atoms with van der Waals surface area (Å²) in [5, 5.41) is 3.30. The van der Waals surface area contributed by atoms with Crippen molar-refractivity contribution in [2.24, 2.45) is 0 Å². The van der Waals surface area contributed by atoms with Gasteiger partial charge in [-0.25, -0.2) is 9.37 Å². The van der Waals surface area contributed by atoms with E-state index in [1.807, 2.05) is 24.6 Å². The lowest BCUT2D eigenvalue weighted by Crippen LogP contribution is -2.12. The van der Waals surface area contributed by atoms with Crippen LogP contribution in [0.1, 0.15) is 21.7 Å². The van der Waals surface area contributed by atoms with E-state index >= 15 is 0 Å². The highest BCUT2D eigenvalue weighted by Crippen LogP contribution is 2.12. The number of benzene rings is 1. The normalized spacial score (nSPS) is 10.8. The van der Waals surface area contributed by atoms with Crippen molar-refractivity contribution in [2.75, 3.05) is 0 Å². The third-order valence-corrected chi connectivity index (χ3v) is 3.63. The first-order valence-corrected chi connectivity index (χ1v) is 6.39. The minimum Gasteiger partial charge on any atom is -0.308 e. The summed E-state index contributed by atoms with van der Waals surface area (Å²) < 4.78 is 13.3. The Balaban J connectivity index is 1.90. The monoisotopic (exact) mass is 250 g/mol. The van der Waals surface area contributed by atoms with Crippen LogP contribution in [-0.2, 0) is 13.1 Å². The number of hydrogen-bond acceptors (Lipinski definition) is 3. The second-order valence-electron chi connectivity index (χ2n) is 4.05. The Bertz CT molecular complexity index is 508. The number of rotatable bonds is 4. The van der Waals surface area contributed by atoms with Gasteiger partial charge in [0.05, 0.1) is 11.2 Å².